The van der Waals surface area contributed by atoms with Crippen molar-refractivity contribution in [3.63, 3.8) is 0 Å². The SMILES string of the molecule is CCC(=O)N1CCC2CCCC(CN(C(=O)CC3CCCCO3)Cc3ccccc31)N2Cc1ccncc1. The topological polar surface area (TPSA) is 66.0 Å². The monoisotopic (exact) mass is 518 g/mol. The summed E-state index contributed by atoms with van der Waals surface area (Å²) in [6, 6.07) is 13.0. The van der Waals surface area contributed by atoms with Gasteiger partial charge in [0, 0.05) is 69.4 Å². The van der Waals surface area contributed by atoms with E-state index in [1.807, 2.05) is 36.4 Å². The smallest absolute Gasteiger partial charge is 0.226 e. The molecule has 5 rings (SSSR count). The fourth-order valence-corrected chi connectivity index (χ4v) is 6.45. The fraction of sp³-hybridized carbons (Fsp3) is 0.581. The van der Waals surface area contributed by atoms with Gasteiger partial charge >= 0.3 is 0 Å². The third-order valence-corrected chi connectivity index (χ3v) is 8.52. The first kappa shape index (κ1) is 26.8. The Labute approximate surface area is 227 Å². The summed E-state index contributed by atoms with van der Waals surface area (Å²) in [5.41, 5.74) is 3.23. The highest BCUT2D eigenvalue weighted by molar-refractivity contribution is 5.94. The molecule has 2 saturated heterocycles. The van der Waals surface area contributed by atoms with Gasteiger partial charge in [-0.05, 0) is 67.9 Å². The Balaban J connectivity index is 1.49. The molecule has 3 aliphatic heterocycles. The number of carbonyl (C=O) groups excluding carboxylic acids is 2. The molecule has 204 valence electrons. The number of hydrogen-bond donors (Lipinski definition) is 0. The molecule has 1 aromatic carbocycles. The van der Waals surface area contributed by atoms with E-state index in [4.69, 9.17) is 4.74 Å². The maximum Gasteiger partial charge on any atom is 0.226 e. The fourth-order valence-electron chi connectivity index (χ4n) is 6.45. The van der Waals surface area contributed by atoms with Gasteiger partial charge in [-0.3, -0.25) is 19.5 Å². The van der Waals surface area contributed by atoms with Gasteiger partial charge in [-0.1, -0.05) is 31.5 Å². The zero-order chi connectivity index (χ0) is 26.3. The van der Waals surface area contributed by atoms with Crippen LogP contribution in [0, 0.1) is 0 Å². The third-order valence-electron chi connectivity index (χ3n) is 8.52. The number of para-hydroxylation sites is 1. The zero-order valence-corrected chi connectivity index (χ0v) is 22.8. The van der Waals surface area contributed by atoms with E-state index < -0.39 is 0 Å². The molecule has 0 aliphatic carbocycles. The first-order valence-electron chi connectivity index (χ1n) is 14.5. The van der Waals surface area contributed by atoms with Crippen LogP contribution in [0.2, 0.25) is 0 Å². The Bertz CT molecular complexity index is 1070. The quantitative estimate of drug-likeness (QED) is 0.561. The maximum atomic E-state index is 13.9. The Kier molecular flexibility index (Phi) is 9.07. The largest absolute Gasteiger partial charge is 0.378 e. The number of amides is 2. The van der Waals surface area contributed by atoms with Crippen LogP contribution in [-0.2, 0) is 27.4 Å². The summed E-state index contributed by atoms with van der Waals surface area (Å²) >= 11 is 0. The van der Waals surface area contributed by atoms with Crippen LogP contribution in [0.15, 0.2) is 48.8 Å². The lowest BCUT2D eigenvalue weighted by Gasteiger charge is -2.44. The van der Waals surface area contributed by atoms with Crippen LogP contribution in [0.25, 0.3) is 0 Å². The number of rotatable bonds is 5. The van der Waals surface area contributed by atoms with Crippen molar-refractivity contribution >= 4 is 17.5 Å². The molecule has 1 aromatic heterocycles. The molecule has 2 aromatic rings. The van der Waals surface area contributed by atoms with Gasteiger partial charge in [0.1, 0.15) is 0 Å². The van der Waals surface area contributed by atoms with E-state index in [1.54, 1.807) is 0 Å². The normalized spacial score (nSPS) is 24.8. The van der Waals surface area contributed by atoms with Crippen LogP contribution in [0.5, 0.6) is 0 Å². The van der Waals surface area contributed by atoms with Crippen molar-refractivity contribution in [1.29, 1.82) is 0 Å². The number of fused-ring (bicyclic) bond motifs is 3. The average Bonchev–Trinajstić information content (AvgIpc) is 2.96. The van der Waals surface area contributed by atoms with Crippen molar-refractivity contribution in [3.05, 3.63) is 59.9 Å². The van der Waals surface area contributed by atoms with E-state index in [0.29, 0.717) is 38.5 Å². The average molecular weight is 519 g/mol. The van der Waals surface area contributed by atoms with Gasteiger partial charge in [0.25, 0.3) is 0 Å². The lowest BCUT2D eigenvalue weighted by molar-refractivity contribution is -0.137. The molecule has 0 N–H and O–H groups in total. The van der Waals surface area contributed by atoms with E-state index in [-0.39, 0.29) is 24.0 Å². The Morgan fingerprint density at radius 2 is 1.76 bits per heavy atom. The zero-order valence-electron chi connectivity index (χ0n) is 22.8. The van der Waals surface area contributed by atoms with E-state index in [2.05, 4.69) is 39.0 Å². The molecule has 2 bridgehead atoms. The second kappa shape index (κ2) is 12.9. The predicted molar refractivity (Wildman–Crippen MR) is 149 cm³/mol. The number of carbonyl (C=O) groups is 2. The maximum absolute atomic E-state index is 13.9. The standard InChI is InChI=1S/C31H42N4O3/c1-2-30(36)34-18-15-26-9-7-10-27(35(26)21-24-13-16-32-17-14-24)23-33(22-25-8-3-4-12-29(25)34)31(37)20-28-11-5-6-19-38-28/h3-4,8,12-14,16-17,26-28H,2,5-7,9-11,15,18-23H2,1H3. The summed E-state index contributed by atoms with van der Waals surface area (Å²) in [4.78, 5) is 37.9. The van der Waals surface area contributed by atoms with Gasteiger partial charge in [0.15, 0.2) is 0 Å². The van der Waals surface area contributed by atoms with E-state index in [1.165, 1.54) is 5.56 Å². The molecule has 7 nitrogen and oxygen atoms in total. The molecule has 3 atom stereocenters. The lowest BCUT2D eigenvalue weighted by Crippen LogP contribution is -2.52. The highest BCUT2D eigenvalue weighted by atomic mass is 16.5. The molecule has 0 radical (unpaired) electrons. The van der Waals surface area contributed by atoms with Crippen molar-refractivity contribution in [3.8, 4) is 0 Å². The lowest BCUT2D eigenvalue weighted by atomic mass is 9.92. The van der Waals surface area contributed by atoms with Crippen LogP contribution < -0.4 is 4.90 Å². The first-order valence-corrected chi connectivity index (χ1v) is 14.5. The van der Waals surface area contributed by atoms with Gasteiger partial charge in [-0.15, -0.1) is 0 Å². The van der Waals surface area contributed by atoms with Crippen LogP contribution in [0.1, 0.15) is 75.8 Å². The van der Waals surface area contributed by atoms with E-state index in [9.17, 15) is 9.59 Å². The Hall–Kier alpha value is -2.77. The van der Waals surface area contributed by atoms with Crippen molar-refractivity contribution in [2.75, 3.05) is 24.6 Å². The molecular weight excluding hydrogens is 476 g/mol. The number of ether oxygens (including phenoxy) is 1. The van der Waals surface area contributed by atoms with Crippen molar-refractivity contribution in [1.82, 2.24) is 14.8 Å². The van der Waals surface area contributed by atoms with Gasteiger partial charge < -0.3 is 14.5 Å². The van der Waals surface area contributed by atoms with Crippen molar-refractivity contribution < 1.29 is 14.3 Å². The van der Waals surface area contributed by atoms with Gasteiger partial charge in [0.05, 0.1) is 12.5 Å². The molecule has 38 heavy (non-hydrogen) atoms. The molecule has 7 heteroatoms. The molecule has 3 aliphatic rings. The van der Waals surface area contributed by atoms with E-state index in [0.717, 1.165) is 69.3 Å². The number of hydrogen-bond acceptors (Lipinski definition) is 5. The molecule has 2 amide bonds. The third kappa shape index (κ3) is 6.44. The summed E-state index contributed by atoms with van der Waals surface area (Å²) in [5.74, 6) is 0.295. The summed E-state index contributed by atoms with van der Waals surface area (Å²) in [6.45, 7) is 5.42. The number of pyridine rings is 1. The number of anilines is 1. The second-order valence-corrected chi connectivity index (χ2v) is 11.0. The van der Waals surface area contributed by atoms with Crippen LogP contribution in [0.4, 0.5) is 5.69 Å². The number of piperidine rings is 1. The minimum absolute atomic E-state index is 0.00914. The van der Waals surface area contributed by atoms with E-state index >= 15 is 0 Å². The van der Waals surface area contributed by atoms with Crippen LogP contribution in [-0.4, -0.2) is 64.5 Å². The Morgan fingerprint density at radius 3 is 2.55 bits per heavy atom. The van der Waals surface area contributed by atoms with Gasteiger partial charge in [0.2, 0.25) is 11.8 Å². The summed E-state index contributed by atoms with van der Waals surface area (Å²) in [6.07, 6.45) is 12.0. The minimum atomic E-state index is 0.00914. The predicted octanol–water partition coefficient (Wildman–Crippen LogP) is 4.94. The molecule has 0 spiro atoms. The molecular formula is C31H42N4O3. The molecule has 4 heterocycles. The number of aromatic nitrogens is 1. The highest BCUT2D eigenvalue weighted by Gasteiger charge is 2.35. The molecule has 0 saturated carbocycles. The van der Waals surface area contributed by atoms with Gasteiger partial charge in [-0.25, -0.2) is 0 Å². The highest BCUT2D eigenvalue weighted by Crippen LogP contribution is 2.32. The van der Waals surface area contributed by atoms with Crippen molar-refractivity contribution in [2.45, 2.75) is 96.0 Å². The second-order valence-electron chi connectivity index (χ2n) is 11.0. The summed E-state index contributed by atoms with van der Waals surface area (Å²) in [7, 11) is 0. The van der Waals surface area contributed by atoms with Gasteiger partial charge in [-0.2, -0.15) is 0 Å². The number of nitrogens with zero attached hydrogens (tertiary/aromatic N) is 4. The van der Waals surface area contributed by atoms with Crippen molar-refractivity contribution in [2.24, 2.45) is 0 Å². The Morgan fingerprint density at radius 1 is 0.947 bits per heavy atom. The summed E-state index contributed by atoms with van der Waals surface area (Å²) < 4.78 is 5.96. The van der Waals surface area contributed by atoms with Crippen LogP contribution >= 0.6 is 0 Å². The first-order chi connectivity index (χ1) is 18.6. The van der Waals surface area contributed by atoms with Crippen LogP contribution in [0.3, 0.4) is 0 Å². The summed E-state index contributed by atoms with van der Waals surface area (Å²) in [5, 5.41) is 0. The molecule has 2 fully saturated rings. The molecule has 3 unspecified atom stereocenters. The minimum Gasteiger partial charge on any atom is -0.378 e. The number of benzene rings is 1.